The molecule has 2 amide bonds. The number of carbonyl (C=O) groups excluding carboxylic acids is 2. The van der Waals surface area contributed by atoms with Crippen LogP contribution < -0.4 is 10.2 Å². The number of hydrogen-bond donors (Lipinski definition) is 1. The summed E-state index contributed by atoms with van der Waals surface area (Å²) in [6, 6.07) is 25.1. The van der Waals surface area contributed by atoms with E-state index in [4.69, 9.17) is 0 Å². The van der Waals surface area contributed by atoms with Crippen molar-refractivity contribution < 1.29 is 9.59 Å². The molecule has 0 bridgehead atoms. The van der Waals surface area contributed by atoms with Crippen molar-refractivity contribution in [3.05, 3.63) is 95.6 Å². The van der Waals surface area contributed by atoms with Crippen molar-refractivity contribution in [2.45, 2.75) is 12.1 Å². The van der Waals surface area contributed by atoms with E-state index in [1.165, 1.54) is 0 Å². The summed E-state index contributed by atoms with van der Waals surface area (Å²) in [6.07, 6.45) is 0.664. The maximum absolute atomic E-state index is 13.6. The van der Waals surface area contributed by atoms with Crippen LogP contribution >= 0.6 is 0 Å². The van der Waals surface area contributed by atoms with Gasteiger partial charge in [0.05, 0.1) is 11.3 Å². The van der Waals surface area contributed by atoms with Crippen LogP contribution in [0, 0.1) is 0 Å². The van der Waals surface area contributed by atoms with E-state index < -0.39 is 5.66 Å². The average molecular weight is 383 g/mol. The number of anilines is 2. The lowest BCUT2D eigenvalue weighted by Gasteiger charge is -2.45. The van der Waals surface area contributed by atoms with E-state index in [1.807, 2.05) is 78.9 Å². The van der Waals surface area contributed by atoms with Gasteiger partial charge in [-0.2, -0.15) is 0 Å². The molecule has 1 atom stereocenters. The molecule has 2 aliphatic rings. The van der Waals surface area contributed by atoms with Crippen LogP contribution in [0.1, 0.15) is 21.5 Å². The van der Waals surface area contributed by atoms with Gasteiger partial charge >= 0.3 is 0 Å². The van der Waals surface area contributed by atoms with Crippen molar-refractivity contribution in [2.24, 2.45) is 0 Å². The minimum Gasteiger partial charge on any atom is -0.350 e. The highest BCUT2D eigenvalue weighted by Crippen LogP contribution is 2.47. The van der Waals surface area contributed by atoms with Gasteiger partial charge in [0.25, 0.3) is 11.8 Å². The molecule has 2 heterocycles. The fourth-order valence-electron chi connectivity index (χ4n) is 4.41. The third kappa shape index (κ3) is 2.47. The molecule has 0 radical (unpaired) electrons. The van der Waals surface area contributed by atoms with Gasteiger partial charge in [-0.25, -0.2) is 0 Å². The van der Waals surface area contributed by atoms with Crippen LogP contribution in [-0.2, 0) is 16.9 Å². The van der Waals surface area contributed by atoms with Crippen LogP contribution in [0.5, 0.6) is 0 Å². The van der Waals surface area contributed by atoms with Crippen LogP contribution in [-0.4, -0.2) is 30.3 Å². The summed E-state index contributed by atoms with van der Waals surface area (Å²) in [7, 11) is 1.76. The molecule has 1 spiro atoms. The van der Waals surface area contributed by atoms with Crippen LogP contribution in [0.15, 0.2) is 78.9 Å². The molecule has 0 aromatic heterocycles. The monoisotopic (exact) mass is 383 g/mol. The summed E-state index contributed by atoms with van der Waals surface area (Å²) >= 11 is 0. The molecule has 0 aliphatic carbocycles. The number of carbonyl (C=O) groups is 2. The predicted molar refractivity (Wildman–Crippen MR) is 113 cm³/mol. The zero-order chi connectivity index (χ0) is 20.0. The van der Waals surface area contributed by atoms with Crippen molar-refractivity contribution in [3.63, 3.8) is 0 Å². The molecular weight excluding hydrogens is 362 g/mol. The summed E-state index contributed by atoms with van der Waals surface area (Å²) in [5.41, 5.74) is 2.80. The molecule has 144 valence electrons. The maximum Gasteiger partial charge on any atom is 0.278 e. The third-order valence-corrected chi connectivity index (χ3v) is 5.86. The number of nitrogens with zero attached hydrogens (tertiary/aromatic N) is 2. The highest BCUT2D eigenvalue weighted by Gasteiger charge is 2.58. The normalized spacial score (nSPS) is 19.9. The van der Waals surface area contributed by atoms with E-state index in [9.17, 15) is 9.59 Å². The van der Waals surface area contributed by atoms with Gasteiger partial charge in [-0.05, 0) is 30.2 Å². The lowest BCUT2D eigenvalue weighted by molar-refractivity contribution is -0.127. The number of amides is 2. The Morgan fingerprint density at radius 3 is 2.38 bits per heavy atom. The molecule has 29 heavy (non-hydrogen) atoms. The summed E-state index contributed by atoms with van der Waals surface area (Å²) < 4.78 is 0. The molecule has 0 fully saturated rings. The van der Waals surface area contributed by atoms with Gasteiger partial charge in [0, 0.05) is 24.8 Å². The first-order chi connectivity index (χ1) is 14.1. The molecule has 5 heteroatoms. The second-order valence-electron chi connectivity index (χ2n) is 7.45. The van der Waals surface area contributed by atoms with Gasteiger partial charge in [0.2, 0.25) is 5.66 Å². The van der Waals surface area contributed by atoms with E-state index in [-0.39, 0.29) is 11.8 Å². The van der Waals surface area contributed by atoms with E-state index in [2.05, 4.69) is 5.32 Å². The minimum absolute atomic E-state index is 0.131. The van der Waals surface area contributed by atoms with Crippen LogP contribution in [0.3, 0.4) is 0 Å². The summed E-state index contributed by atoms with van der Waals surface area (Å²) in [5, 5.41) is 3.44. The number of benzene rings is 3. The third-order valence-electron chi connectivity index (χ3n) is 5.86. The van der Waals surface area contributed by atoms with Gasteiger partial charge < -0.3 is 15.1 Å². The summed E-state index contributed by atoms with van der Waals surface area (Å²) in [5.74, 6) is -0.275. The number of hydrogen-bond acceptors (Lipinski definition) is 3. The van der Waals surface area contributed by atoms with Crippen LogP contribution in [0.2, 0.25) is 0 Å². The number of nitrogens with one attached hydrogen (secondary N) is 1. The van der Waals surface area contributed by atoms with Gasteiger partial charge in [0.1, 0.15) is 0 Å². The first kappa shape index (κ1) is 17.5. The molecule has 5 rings (SSSR count). The number of para-hydroxylation sites is 2. The molecule has 3 aromatic carbocycles. The largest absolute Gasteiger partial charge is 0.350 e. The Bertz CT molecular complexity index is 1110. The smallest absolute Gasteiger partial charge is 0.278 e. The highest BCUT2D eigenvalue weighted by atomic mass is 16.2. The molecular formula is C24H21N3O2. The lowest BCUT2D eigenvalue weighted by atomic mass is 9.92. The van der Waals surface area contributed by atoms with E-state index >= 15 is 0 Å². The number of rotatable bonds is 3. The Hall–Kier alpha value is -3.60. The van der Waals surface area contributed by atoms with Crippen molar-refractivity contribution in [2.75, 3.05) is 23.8 Å². The van der Waals surface area contributed by atoms with Crippen molar-refractivity contribution >= 4 is 23.2 Å². The van der Waals surface area contributed by atoms with Crippen LogP contribution in [0.25, 0.3) is 0 Å². The van der Waals surface area contributed by atoms with E-state index in [0.29, 0.717) is 24.2 Å². The average Bonchev–Trinajstić information content (AvgIpc) is 2.97. The summed E-state index contributed by atoms with van der Waals surface area (Å²) in [6.45, 7) is 0.429. The Labute approximate surface area is 169 Å². The zero-order valence-corrected chi connectivity index (χ0v) is 16.1. The molecule has 2 aliphatic heterocycles. The summed E-state index contributed by atoms with van der Waals surface area (Å²) in [4.78, 5) is 30.5. The van der Waals surface area contributed by atoms with Gasteiger partial charge in [-0.3, -0.25) is 9.59 Å². The molecule has 1 unspecified atom stereocenters. The Morgan fingerprint density at radius 1 is 0.862 bits per heavy atom. The molecule has 5 nitrogen and oxygen atoms in total. The second-order valence-corrected chi connectivity index (χ2v) is 7.45. The Balaban J connectivity index is 1.65. The lowest BCUT2D eigenvalue weighted by Crippen LogP contribution is -2.62. The van der Waals surface area contributed by atoms with Crippen molar-refractivity contribution in [1.29, 1.82) is 0 Å². The maximum atomic E-state index is 13.6. The molecule has 0 saturated heterocycles. The minimum atomic E-state index is -1.23. The van der Waals surface area contributed by atoms with Gasteiger partial charge in [-0.15, -0.1) is 0 Å². The van der Waals surface area contributed by atoms with E-state index in [1.54, 1.807) is 16.8 Å². The molecule has 0 saturated carbocycles. The topological polar surface area (TPSA) is 52.7 Å². The second kappa shape index (κ2) is 6.48. The fraction of sp³-hybridized carbons (Fsp3) is 0.167. The van der Waals surface area contributed by atoms with Gasteiger partial charge in [0.15, 0.2) is 0 Å². The first-order valence-electron chi connectivity index (χ1n) is 9.74. The zero-order valence-electron chi connectivity index (χ0n) is 16.1. The first-order valence-corrected chi connectivity index (χ1v) is 9.74. The quantitative estimate of drug-likeness (QED) is 0.752. The molecule has 3 aromatic rings. The number of fused-ring (bicyclic) bond motifs is 3. The van der Waals surface area contributed by atoms with Crippen LogP contribution in [0.4, 0.5) is 11.4 Å². The highest BCUT2D eigenvalue weighted by molar-refractivity contribution is 6.15. The SMILES string of the molecule is CN1C(=O)C2(Nc3ccccc3C(=O)N2CCc2ccccc2)c2ccccc21. The number of likely N-dealkylation sites (N-methyl/N-ethyl adjacent to an activating group) is 1. The van der Waals surface area contributed by atoms with Crippen molar-refractivity contribution in [1.82, 2.24) is 4.90 Å². The fourth-order valence-corrected chi connectivity index (χ4v) is 4.41. The Morgan fingerprint density at radius 2 is 1.55 bits per heavy atom. The van der Waals surface area contributed by atoms with E-state index in [0.717, 1.165) is 16.8 Å². The van der Waals surface area contributed by atoms with Gasteiger partial charge in [-0.1, -0.05) is 60.7 Å². The predicted octanol–water partition coefficient (Wildman–Crippen LogP) is 3.63. The molecule has 1 N–H and O–H groups in total. The Kier molecular flexibility index (Phi) is 3.91. The van der Waals surface area contributed by atoms with Crippen molar-refractivity contribution in [3.8, 4) is 0 Å². The standard InChI is InChI=1S/C24H21N3O2/c1-26-21-14-8-6-12-19(21)24(23(26)29)25-20-13-7-5-11-18(20)22(28)27(24)16-15-17-9-3-2-4-10-17/h2-14,25H,15-16H2,1H3.